The predicted molar refractivity (Wildman–Crippen MR) is 110 cm³/mol. The van der Waals surface area contributed by atoms with Gasteiger partial charge in [-0.1, -0.05) is 18.2 Å². The van der Waals surface area contributed by atoms with Gasteiger partial charge in [0.25, 0.3) is 0 Å². The van der Waals surface area contributed by atoms with Crippen LogP contribution in [0.25, 0.3) is 0 Å². The molecule has 1 aromatic carbocycles. The molecular formula is C18H23Br2CdN5. The summed E-state index contributed by atoms with van der Waals surface area (Å²) in [7, 11) is 0. The van der Waals surface area contributed by atoms with E-state index in [1.54, 1.807) is 0 Å². The molecule has 2 aromatic heterocycles. The summed E-state index contributed by atoms with van der Waals surface area (Å²) in [6.07, 6.45) is 0. The zero-order valence-electron chi connectivity index (χ0n) is 15.7. The molecule has 0 spiro atoms. The minimum atomic E-state index is -0.385. The summed E-state index contributed by atoms with van der Waals surface area (Å²) in [5.41, 5.74) is 5.57. The van der Waals surface area contributed by atoms with Gasteiger partial charge in [-0.25, -0.2) is 9.36 Å². The summed E-state index contributed by atoms with van der Waals surface area (Å²) in [6, 6.07) is 14.6. The van der Waals surface area contributed by atoms with Crippen molar-refractivity contribution in [2.24, 2.45) is 0 Å². The van der Waals surface area contributed by atoms with E-state index in [0.717, 1.165) is 28.5 Å². The summed E-state index contributed by atoms with van der Waals surface area (Å²) in [5, 5.41) is 9.18. The van der Waals surface area contributed by atoms with Gasteiger partial charge in [-0.15, -0.1) is 0 Å². The first-order chi connectivity index (χ1) is 12.4. The Bertz CT molecular complexity index is 768. The molecule has 0 aliphatic rings. The molecule has 0 fully saturated rings. The monoisotopic (exact) mass is 581 g/mol. The fourth-order valence-corrected chi connectivity index (χ4v) is 2.81. The standard InChI is InChI=1S/C18H23N5.2BrH.Cd/c1-14-10-16(3)22(19-14)12-21(18-8-6-5-7-9-18)13-23-17(4)11-15(2)20-23;;;/h5-11H,12-13H2,1-4H3;2*1H;/q;;;+2/p-2. The van der Waals surface area contributed by atoms with Gasteiger partial charge < -0.3 is 4.90 Å². The van der Waals surface area contributed by atoms with Gasteiger partial charge in [0.05, 0.1) is 11.4 Å². The number of aromatic nitrogens is 4. The Morgan fingerprint density at radius 2 is 1.27 bits per heavy atom. The molecule has 0 N–H and O–H groups in total. The molecule has 5 nitrogen and oxygen atoms in total. The quantitative estimate of drug-likeness (QED) is 0.393. The predicted octanol–water partition coefficient (Wildman–Crippen LogP) is 5.12. The zero-order valence-corrected chi connectivity index (χ0v) is 22.9. The van der Waals surface area contributed by atoms with Crippen molar-refractivity contribution in [3.05, 3.63) is 65.2 Å². The molecule has 0 amide bonds. The van der Waals surface area contributed by atoms with E-state index in [9.17, 15) is 0 Å². The molecule has 3 aromatic rings. The van der Waals surface area contributed by atoms with Crippen LogP contribution < -0.4 is 4.90 Å². The number of aryl methyl sites for hydroxylation is 4. The van der Waals surface area contributed by atoms with Crippen LogP contribution >= 0.6 is 24.0 Å². The van der Waals surface area contributed by atoms with Crippen molar-refractivity contribution in [3.63, 3.8) is 0 Å². The number of nitrogens with zero attached hydrogens (tertiary/aromatic N) is 5. The first kappa shape index (κ1) is 21.6. The van der Waals surface area contributed by atoms with Crippen LogP contribution in [0.4, 0.5) is 5.69 Å². The molecule has 8 heteroatoms. The Labute approximate surface area is 178 Å². The third-order valence-electron chi connectivity index (χ3n) is 3.94. The third-order valence-corrected chi connectivity index (χ3v) is 3.94. The second-order valence-corrected chi connectivity index (χ2v) is 24.3. The van der Waals surface area contributed by atoms with Crippen LogP contribution in [0.1, 0.15) is 22.8 Å². The van der Waals surface area contributed by atoms with Gasteiger partial charge in [0, 0.05) is 17.1 Å². The summed E-state index contributed by atoms with van der Waals surface area (Å²) >= 11 is 6.16. The zero-order chi connectivity index (χ0) is 19.1. The Morgan fingerprint density at radius 1 is 0.846 bits per heavy atom. The van der Waals surface area contributed by atoms with Crippen LogP contribution in [0.2, 0.25) is 0 Å². The molecule has 3 rings (SSSR count). The van der Waals surface area contributed by atoms with Gasteiger partial charge in [0.1, 0.15) is 13.3 Å². The number of para-hydroxylation sites is 1. The van der Waals surface area contributed by atoms with Crippen molar-refractivity contribution in [3.8, 4) is 0 Å². The minimum absolute atomic E-state index is 0.385. The number of benzene rings is 1. The van der Waals surface area contributed by atoms with Crippen LogP contribution in [0.15, 0.2) is 42.5 Å². The molecule has 0 aliphatic carbocycles. The molecule has 0 saturated heterocycles. The van der Waals surface area contributed by atoms with Crippen molar-refractivity contribution in [1.82, 2.24) is 19.6 Å². The summed E-state index contributed by atoms with van der Waals surface area (Å²) < 4.78 is 4.07. The van der Waals surface area contributed by atoms with E-state index in [1.165, 1.54) is 0 Å². The molecule has 0 aliphatic heterocycles. The van der Waals surface area contributed by atoms with E-state index < -0.39 is 0 Å². The molecule has 0 saturated carbocycles. The Morgan fingerprint density at radius 3 is 1.62 bits per heavy atom. The van der Waals surface area contributed by atoms with Crippen molar-refractivity contribution >= 4 is 29.7 Å². The fraction of sp³-hybridized carbons (Fsp3) is 0.333. The Kier molecular flexibility index (Phi) is 8.82. The molecule has 0 bridgehead atoms. The van der Waals surface area contributed by atoms with Gasteiger partial charge in [-0.2, -0.15) is 10.2 Å². The van der Waals surface area contributed by atoms with E-state index in [-0.39, 0.29) is 19.4 Å². The normalized spacial score (nSPS) is 10.1. The first-order valence-corrected chi connectivity index (χ1v) is 26.5. The van der Waals surface area contributed by atoms with Crippen molar-refractivity contribution < 1.29 is 19.4 Å². The number of halogens is 2. The van der Waals surface area contributed by atoms with Crippen LogP contribution in [0.3, 0.4) is 0 Å². The van der Waals surface area contributed by atoms with Crippen molar-refractivity contribution in [1.29, 1.82) is 0 Å². The molecule has 136 valence electrons. The van der Waals surface area contributed by atoms with E-state index >= 15 is 0 Å². The summed E-state index contributed by atoms with van der Waals surface area (Å²) in [4.78, 5) is 2.28. The Hall–Kier alpha value is -0.678. The molecule has 26 heavy (non-hydrogen) atoms. The number of hydrogen-bond acceptors (Lipinski definition) is 3. The Balaban J connectivity index is 0.000000758. The van der Waals surface area contributed by atoms with E-state index in [4.69, 9.17) is 0 Å². The van der Waals surface area contributed by atoms with Crippen LogP contribution in [0.5, 0.6) is 0 Å². The molecule has 0 atom stereocenters. The number of anilines is 1. The van der Waals surface area contributed by atoms with Crippen molar-refractivity contribution in [2.75, 3.05) is 4.90 Å². The first-order valence-electron chi connectivity index (χ1n) is 8.38. The van der Waals surface area contributed by atoms with E-state index in [1.807, 2.05) is 29.3 Å². The van der Waals surface area contributed by atoms with Crippen LogP contribution in [-0.4, -0.2) is 19.6 Å². The van der Waals surface area contributed by atoms with Crippen LogP contribution in [-0.2, 0) is 32.8 Å². The van der Waals surface area contributed by atoms with Crippen molar-refractivity contribution in [2.45, 2.75) is 41.0 Å². The van der Waals surface area contributed by atoms with Crippen LogP contribution in [0, 0.1) is 27.7 Å². The fourth-order valence-electron chi connectivity index (χ4n) is 2.81. The average molecular weight is 582 g/mol. The number of rotatable bonds is 5. The maximum atomic E-state index is 4.59. The average Bonchev–Trinajstić information content (AvgIpc) is 3.08. The maximum absolute atomic E-state index is 4.59. The summed E-state index contributed by atoms with van der Waals surface area (Å²) in [5.74, 6) is 0. The molecule has 0 radical (unpaired) electrons. The summed E-state index contributed by atoms with van der Waals surface area (Å²) in [6.45, 7) is 9.62. The third kappa shape index (κ3) is 6.19. The SMILES string of the molecule is Cc1cc(C)n(CN(Cn2nc(C)cc2C)c2ccccc2)n1.[Br][Cd][Br]. The second kappa shape index (κ2) is 10.6. The topological polar surface area (TPSA) is 38.9 Å². The van der Waals surface area contributed by atoms with E-state index in [2.05, 4.69) is 89.3 Å². The van der Waals surface area contributed by atoms with Gasteiger partial charge in [0.2, 0.25) is 0 Å². The van der Waals surface area contributed by atoms with Gasteiger partial charge in [-0.3, -0.25) is 0 Å². The van der Waals surface area contributed by atoms with Gasteiger partial charge in [-0.05, 0) is 52.0 Å². The molecular weight excluding hydrogens is 558 g/mol. The molecule has 0 unspecified atom stereocenters. The second-order valence-electron chi connectivity index (χ2n) is 6.11. The van der Waals surface area contributed by atoms with Gasteiger partial charge in [0.15, 0.2) is 0 Å². The van der Waals surface area contributed by atoms with Gasteiger partial charge >= 0.3 is 43.4 Å². The number of hydrogen-bond donors (Lipinski definition) is 0. The molecule has 2 heterocycles. The van der Waals surface area contributed by atoms with E-state index in [0.29, 0.717) is 13.3 Å².